The lowest BCUT2D eigenvalue weighted by Crippen LogP contribution is -2.11. The van der Waals surface area contributed by atoms with Crippen molar-refractivity contribution in [1.29, 1.82) is 0 Å². The second kappa shape index (κ2) is 4.91. The number of nitrogens with zero attached hydrogens (tertiary/aromatic N) is 1. The molecule has 0 unspecified atom stereocenters. The Balaban J connectivity index is 2.13. The van der Waals surface area contributed by atoms with E-state index in [0.29, 0.717) is 12.1 Å². The average molecular weight is 245 g/mol. The third kappa shape index (κ3) is 2.68. The van der Waals surface area contributed by atoms with Gasteiger partial charge >= 0.3 is 0 Å². The lowest BCUT2D eigenvalue weighted by molar-refractivity contribution is 0.100. The Kier molecular flexibility index (Phi) is 3.32. The number of primary amides is 1. The van der Waals surface area contributed by atoms with Crippen LogP contribution in [-0.4, -0.2) is 11.1 Å². The van der Waals surface area contributed by atoms with Gasteiger partial charge in [-0.3, -0.25) is 4.79 Å². The van der Waals surface area contributed by atoms with Crippen molar-refractivity contribution < 1.29 is 9.32 Å². The predicted molar refractivity (Wildman–Crippen MR) is 68.3 cm³/mol. The molecule has 94 valence electrons. The average Bonchev–Trinajstić information content (AvgIpc) is 2.74. The number of hydrogen-bond acceptors (Lipinski definition) is 4. The largest absolute Gasteiger partial charge is 0.379 e. The van der Waals surface area contributed by atoms with Gasteiger partial charge in [-0.1, -0.05) is 11.2 Å². The summed E-state index contributed by atoms with van der Waals surface area (Å²) in [5.41, 5.74) is 8.46. The fourth-order valence-corrected chi connectivity index (χ4v) is 1.65. The molecule has 3 N–H and O–H groups in total. The third-order valence-electron chi connectivity index (χ3n) is 2.66. The van der Waals surface area contributed by atoms with Crippen LogP contribution in [0.5, 0.6) is 0 Å². The molecule has 1 aromatic carbocycles. The van der Waals surface area contributed by atoms with Crippen LogP contribution in [0.2, 0.25) is 0 Å². The maximum Gasteiger partial charge on any atom is 0.248 e. The summed E-state index contributed by atoms with van der Waals surface area (Å²) in [7, 11) is 0. The Bertz CT molecular complexity index is 575. The van der Waals surface area contributed by atoms with E-state index in [1.54, 1.807) is 12.1 Å². The molecule has 0 aliphatic carbocycles. The molecule has 0 spiro atoms. The van der Waals surface area contributed by atoms with Gasteiger partial charge in [-0.25, -0.2) is 0 Å². The number of aryl methyl sites for hydroxylation is 2. The molecule has 0 bridgehead atoms. The van der Waals surface area contributed by atoms with E-state index >= 15 is 0 Å². The first-order valence-electron chi connectivity index (χ1n) is 5.63. The van der Waals surface area contributed by atoms with E-state index in [4.69, 9.17) is 10.3 Å². The van der Waals surface area contributed by atoms with Crippen LogP contribution in [0.4, 0.5) is 5.69 Å². The van der Waals surface area contributed by atoms with E-state index in [9.17, 15) is 4.79 Å². The molecule has 1 amide bonds. The van der Waals surface area contributed by atoms with Gasteiger partial charge in [0.05, 0.1) is 6.54 Å². The number of carbonyl (C=O) groups excluding carboxylic acids is 1. The predicted octanol–water partition coefficient (Wildman–Crippen LogP) is 2.00. The molecule has 2 rings (SSSR count). The summed E-state index contributed by atoms with van der Waals surface area (Å²) in [6, 6.07) is 7.17. The maximum absolute atomic E-state index is 11.1. The van der Waals surface area contributed by atoms with E-state index < -0.39 is 5.91 Å². The highest BCUT2D eigenvalue weighted by Crippen LogP contribution is 2.17. The molecule has 0 atom stereocenters. The van der Waals surface area contributed by atoms with Crippen LogP contribution in [0, 0.1) is 13.8 Å². The van der Waals surface area contributed by atoms with Crippen molar-refractivity contribution in [2.75, 3.05) is 5.32 Å². The molecule has 18 heavy (non-hydrogen) atoms. The van der Waals surface area contributed by atoms with Gasteiger partial charge in [-0.05, 0) is 31.5 Å². The number of amides is 1. The molecule has 0 fully saturated rings. The topological polar surface area (TPSA) is 81.1 Å². The fourth-order valence-electron chi connectivity index (χ4n) is 1.65. The standard InChI is InChI=1S/C13H15N3O2/c1-8-3-4-10(13(14)17)6-12(8)15-7-11-5-9(2)18-16-11/h3-6,15H,7H2,1-2H3,(H2,14,17). The minimum absolute atomic E-state index is 0.435. The zero-order chi connectivity index (χ0) is 13.1. The van der Waals surface area contributed by atoms with Gasteiger partial charge in [0.15, 0.2) is 0 Å². The highest BCUT2D eigenvalue weighted by atomic mass is 16.5. The summed E-state index contributed by atoms with van der Waals surface area (Å²) in [4.78, 5) is 11.1. The van der Waals surface area contributed by atoms with E-state index in [1.807, 2.05) is 26.0 Å². The summed E-state index contributed by atoms with van der Waals surface area (Å²) in [6.07, 6.45) is 0. The lowest BCUT2D eigenvalue weighted by atomic mass is 10.1. The Morgan fingerprint density at radius 2 is 2.17 bits per heavy atom. The summed E-state index contributed by atoms with van der Waals surface area (Å²) >= 11 is 0. The van der Waals surface area contributed by atoms with Crippen molar-refractivity contribution in [3.8, 4) is 0 Å². The number of carbonyl (C=O) groups is 1. The molecule has 5 nitrogen and oxygen atoms in total. The van der Waals surface area contributed by atoms with Crippen LogP contribution in [0.15, 0.2) is 28.8 Å². The molecule has 0 saturated heterocycles. The Hall–Kier alpha value is -2.30. The summed E-state index contributed by atoms with van der Waals surface area (Å²) in [5.74, 6) is 0.338. The van der Waals surface area contributed by atoms with Crippen LogP contribution in [0.1, 0.15) is 27.4 Å². The second-order valence-electron chi connectivity index (χ2n) is 4.18. The Morgan fingerprint density at radius 3 is 2.78 bits per heavy atom. The monoisotopic (exact) mass is 245 g/mol. The van der Waals surface area contributed by atoms with Crippen molar-refractivity contribution in [2.45, 2.75) is 20.4 Å². The van der Waals surface area contributed by atoms with E-state index in [2.05, 4.69) is 10.5 Å². The van der Waals surface area contributed by atoms with Gasteiger partial charge in [0.2, 0.25) is 5.91 Å². The molecule has 0 aliphatic rings. The maximum atomic E-state index is 11.1. The van der Waals surface area contributed by atoms with Crippen LogP contribution in [0.25, 0.3) is 0 Å². The van der Waals surface area contributed by atoms with Gasteiger partial charge < -0.3 is 15.6 Å². The van der Waals surface area contributed by atoms with Crippen molar-refractivity contribution in [1.82, 2.24) is 5.16 Å². The zero-order valence-electron chi connectivity index (χ0n) is 10.4. The first-order chi connectivity index (χ1) is 8.56. The van der Waals surface area contributed by atoms with Crippen molar-refractivity contribution in [3.63, 3.8) is 0 Å². The Morgan fingerprint density at radius 1 is 1.39 bits per heavy atom. The van der Waals surface area contributed by atoms with E-state index in [1.165, 1.54) is 0 Å². The summed E-state index contributed by atoms with van der Waals surface area (Å²) < 4.78 is 4.98. The minimum atomic E-state index is -0.435. The number of nitrogens with two attached hydrogens (primary N) is 1. The smallest absolute Gasteiger partial charge is 0.248 e. The Labute approximate surface area is 105 Å². The van der Waals surface area contributed by atoms with Crippen LogP contribution < -0.4 is 11.1 Å². The molecule has 0 radical (unpaired) electrons. The normalized spacial score (nSPS) is 10.3. The number of nitrogens with one attached hydrogen (secondary N) is 1. The number of rotatable bonds is 4. The van der Waals surface area contributed by atoms with Gasteiger partial charge in [0, 0.05) is 17.3 Å². The van der Waals surface area contributed by atoms with Crippen LogP contribution in [-0.2, 0) is 6.54 Å². The van der Waals surface area contributed by atoms with Crippen molar-refractivity contribution in [2.24, 2.45) is 5.73 Å². The number of anilines is 1. The van der Waals surface area contributed by atoms with Gasteiger partial charge in [0.25, 0.3) is 0 Å². The molecule has 0 aliphatic heterocycles. The number of hydrogen-bond donors (Lipinski definition) is 2. The van der Waals surface area contributed by atoms with E-state index in [-0.39, 0.29) is 0 Å². The molecule has 1 aromatic heterocycles. The van der Waals surface area contributed by atoms with Crippen molar-refractivity contribution >= 4 is 11.6 Å². The van der Waals surface area contributed by atoms with Crippen LogP contribution in [0.3, 0.4) is 0 Å². The second-order valence-corrected chi connectivity index (χ2v) is 4.18. The first-order valence-corrected chi connectivity index (χ1v) is 5.63. The number of aromatic nitrogens is 1. The molecular weight excluding hydrogens is 230 g/mol. The summed E-state index contributed by atoms with van der Waals surface area (Å²) in [6.45, 7) is 4.34. The molecule has 0 saturated carbocycles. The molecule has 5 heteroatoms. The highest BCUT2D eigenvalue weighted by molar-refractivity contribution is 5.94. The van der Waals surface area contributed by atoms with Gasteiger partial charge in [0.1, 0.15) is 11.5 Å². The minimum Gasteiger partial charge on any atom is -0.379 e. The third-order valence-corrected chi connectivity index (χ3v) is 2.66. The molecule has 1 heterocycles. The SMILES string of the molecule is Cc1cc(CNc2cc(C(N)=O)ccc2C)no1. The quantitative estimate of drug-likeness (QED) is 0.863. The fraction of sp³-hybridized carbons (Fsp3) is 0.231. The van der Waals surface area contributed by atoms with Gasteiger partial charge in [-0.15, -0.1) is 0 Å². The first kappa shape index (κ1) is 12.2. The zero-order valence-corrected chi connectivity index (χ0v) is 10.4. The van der Waals surface area contributed by atoms with Crippen LogP contribution >= 0.6 is 0 Å². The van der Waals surface area contributed by atoms with Gasteiger partial charge in [-0.2, -0.15) is 0 Å². The number of benzene rings is 1. The van der Waals surface area contributed by atoms with Crippen molar-refractivity contribution in [3.05, 3.63) is 46.8 Å². The molecular formula is C13H15N3O2. The van der Waals surface area contributed by atoms with E-state index in [0.717, 1.165) is 22.7 Å². The molecule has 2 aromatic rings. The highest BCUT2D eigenvalue weighted by Gasteiger charge is 2.05. The summed E-state index contributed by atoms with van der Waals surface area (Å²) in [5, 5.41) is 7.10. The lowest BCUT2D eigenvalue weighted by Gasteiger charge is -2.09.